The van der Waals surface area contributed by atoms with Crippen molar-refractivity contribution in [2.45, 2.75) is 19.9 Å². The standard InChI is InChI=1S/C9H11BrFNO/c1-7-8(10)3-4-9(13)12(7)6-2-5-11/h3-4H,2,5-6H2,1H3. The fourth-order valence-electron chi connectivity index (χ4n) is 1.15. The van der Waals surface area contributed by atoms with E-state index >= 15 is 0 Å². The van der Waals surface area contributed by atoms with Crippen LogP contribution in [-0.2, 0) is 6.54 Å². The molecule has 1 aromatic rings. The zero-order valence-electron chi connectivity index (χ0n) is 7.39. The van der Waals surface area contributed by atoms with E-state index in [1.54, 1.807) is 10.6 Å². The van der Waals surface area contributed by atoms with Gasteiger partial charge in [-0.1, -0.05) is 0 Å². The van der Waals surface area contributed by atoms with Crippen LogP contribution in [0.5, 0.6) is 0 Å². The Hall–Kier alpha value is -0.640. The third-order valence-corrected chi connectivity index (χ3v) is 2.74. The summed E-state index contributed by atoms with van der Waals surface area (Å²) in [5.41, 5.74) is 0.773. The van der Waals surface area contributed by atoms with E-state index in [0.717, 1.165) is 10.2 Å². The average molecular weight is 248 g/mol. The molecule has 1 aromatic heterocycles. The van der Waals surface area contributed by atoms with Crippen LogP contribution in [0.15, 0.2) is 21.4 Å². The second-order valence-electron chi connectivity index (χ2n) is 2.80. The maximum absolute atomic E-state index is 11.9. The van der Waals surface area contributed by atoms with Gasteiger partial charge in [-0.15, -0.1) is 0 Å². The molecule has 0 saturated carbocycles. The second-order valence-corrected chi connectivity index (χ2v) is 3.65. The van der Waals surface area contributed by atoms with Crippen LogP contribution in [0.4, 0.5) is 4.39 Å². The van der Waals surface area contributed by atoms with Crippen LogP contribution in [-0.4, -0.2) is 11.2 Å². The Balaban J connectivity index is 3.03. The van der Waals surface area contributed by atoms with Gasteiger partial charge in [0.2, 0.25) is 0 Å². The largest absolute Gasteiger partial charge is 0.312 e. The minimum Gasteiger partial charge on any atom is -0.312 e. The first-order valence-electron chi connectivity index (χ1n) is 4.08. The number of alkyl halides is 1. The Morgan fingerprint density at radius 1 is 1.54 bits per heavy atom. The SMILES string of the molecule is Cc1c(Br)ccc(=O)n1CCCF. The molecular formula is C9H11BrFNO. The minimum absolute atomic E-state index is 0.0749. The highest BCUT2D eigenvalue weighted by atomic mass is 79.9. The van der Waals surface area contributed by atoms with Crippen LogP contribution in [0.2, 0.25) is 0 Å². The van der Waals surface area contributed by atoms with Gasteiger partial charge in [0, 0.05) is 22.8 Å². The second kappa shape index (κ2) is 4.56. The van der Waals surface area contributed by atoms with E-state index in [1.807, 2.05) is 6.92 Å². The van der Waals surface area contributed by atoms with Crippen molar-refractivity contribution in [1.82, 2.24) is 4.57 Å². The van der Waals surface area contributed by atoms with Gasteiger partial charge in [0.25, 0.3) is 5.56 Å². The van der Waals surface area contributed by atoms with Gasteiger partial charge < -0.3 is 4.57 Å². The molecular weight excluding hydrogens is 237 g/mol. The smallest absolute Gasteiger partial charge is 0.250 e. The zero-order chi connectivity index (χ0) is 9.84. The lowest BCUT2D eigenvalue weighted by Gasteiger charge is -2.09. The lowest BCUT2D eigenvalue weighted by Crippen LogP contribution is -2.21. The van der Waals surface area contributed by atoms with E-state index in [2.05, 4.69) is 15.9 Å². The maximum atomic E-state index is 11.9. The quantitative estimate of drug-likeness (QED) is 0.804. The van der Waals surface area contributed by atoms with Crippen molar-refractivity contribution >= 4 is 15.9 Å². The lowest BCUT2D eigenvalue weighted by atomic mass is 10.3. The van der Waals surface area contributed by atoms with Crippen molar-refractivity contribution in [2.24, 2.45) is 0 Å². The van der Waals surface area contributed by atoms with Crippen molar-refractivity contribution in [1.29, 1.82) is 0 Å². The summed E-state index contributed by atoms with van der Waals surface area (Å²) in [7, 11) is 0. The summed E-state index contributed by atoms with van der Waals surface area (Å²) in [5.74, 6) is 0. The van der Waals surface area contributed by atoms with E-state index in [4.69, 9.17) is 0 Å². The van der Waals surface area contributed by atoms with E-state index in [0.29, 0.717) is 13.0 Å². The molecule has 0 saturated heterocycles. The molecule has 0 aliphatic rings. The lowest BCUT2D eigenvalue weighted by molar-refractivity contribution is 0.441. The summed E-state index contributed by atoms with van der Waals surface area (Å²) in [6.07, 6.45) is 0.386. The Morgan fingerprint density at radius 3 is 2.85 bits per heavy atom. The van der Waals surface area contributed by atoms with Crippen molar-refractivity contribution < 1.29 is 4.39 Å². The molecule has 13 heavy (non-hydrogen) atoms. The third-order valence-electron chi connectivity index (χ3n) is 1.90. The average Bonchev–Trinajstić information content (AvgIpc) is 2.12. The molecule has 0 bridgehead atoms. The molecule has 72 valence electrons. The molecule has 0 aliphatic carbocycles. The van der Waals surface area contributed by atoms with Gasteiger partial charge in [-0.05, 0) is 35.3 Å². The van der Waals surface area contributed by atoms with Crippen LogP contribution in [0, 0.1) is 6.92 Å². The monoisotopic (exact) mass is 247 g/mol. The number of pyridine rings is 1. The zero-order valence-corrected chi connectivity index (χ0v) is 8.97. The van der Waals surface area contributed by atoms with E-state index in [9.17, 15) is 9.18 Å². The first-order chi connectivity index (χ1) is 6.16. The summed E-state index contributed by atoms with van der Waals surface area (Å²) in [4.78, 5) is 11.3. The molecule has 2 nitrogen and oxygen atoms in total. The Kier molecular flexibility index (Phi) is 3.66. The highest BCUT2D eigenvalue weighted by Crippen LogP contribution is 2.12. The van der Waals surface area contributed by atoms with E-state index < -0.39 is 6.67 Å². The predicted octanol–water partition coefficient (Wildman–Crippen LogP) is 2.28. The molecule has 1 heterocycles. The van der Waals surface area contributed by atoms with Crippen LogP contribution in [0.1, 0.15) is 12.1 Å². The first-order valence-corrected chi connectivity index (χ1v) is 4.88. The number of hydrogen-bond donors (Lipinski definition) is 0. The van der Waals surface area contributed by atoms with Crippen molar-refractivity contribution in [3.8, 4) is 0 Å². The van der Waals surface area contributed by atoms with Gasteiger partial charge >= 0.3 is 0 Å². The van der Waals surface area contributed by atoms with Crippen LogP contribution in [0.25, 0.3) is 0 Å². The Morgan fingerprint density at radius 2 is 2.23 bits per heavy atom. The van der Waals surface area contributed by atoms with Crippen molar-refractivity contribution in [3.63, 3.8) is 0 Å². The van der Waals surface area contributed by atoms with Gasteiger partial charge in [-0.3, -0.25) is 9.18 Å². The predicted molar refractivity (Wildman–Crippen MR) is 53.7 cm³/mol. The van der Waals surface area contributed by atoms with Crippen LogP contribution < -0.4 is 5.56 Å². The number of rotatable bonds is 3. The maximum Gasteiger partial charge on any atom is 0.250 e. The van der Waals surface area contributed by atoms with Gasteiger partial charge in [-0.2, -0.15) is 0 Å². The molecule has 0 unspecified atom stereocenters. The molecule has 0 fully saturated rings. The molecule has 0 aliphatic heterocycles. The number of aromatic nitrogens is 1. The molecule has 0 aromatic carbocycles. The molecule has 4 heteroatoms. The Bertz CT molecular complexity index is 348. The van der Waals surface area contributed by atoms with E-state index in [-0.39, 0.29) is 5.56 Å². The van der Waals surface area contributed by atoms with Crippen LogP contribution >= 0.6 is 15.9 Å². The van der Waals surface area contributed by atoms with Crippen molar-refractivity contribution in [3.05, 3.63) is 32.7 Å². The summed E-state index contributed by atoms with van der Waals surface area (Å²) in [6.45, 7) is 1.89. The molecule has 1 rings (SSSR count). The number of halogens is 2. The normalized spacial score (nSPS) is 10.4. The van der Waals surface area contributed by atoms with E-state index in [1.165, 1.54) is 6.07 Å². The fraction of sp³-hybridized carbons (Fsp3) is 0.444. The van der Waals surface area contributed by atoms with Gasteiger partial charge in [0.05, 0.1) is 6.67 Å². The van der Waals surface area contributed by atoms with Gasteiger partial charge in [0.1, 0.15) is 0 Å². The highest BCUT2D eigenvalue weighted by molar-refractivity contribution is 9.10. The number of nitrogens with zero attached hydrogens (tertiary/aromatic N) is 1. The molecule has 0 N–H and O–H groups in total. The van der Waals surface area contributed by atoms with Crippen LogP contribution in [0.3, 0.4) is 0 Å². The Labute approximate surface area is 84.5 Å². The molecule has 0 atom stereocenters. The summed E-state index contributed by atoms with van der Waals surface area (Å²) < 4.78 is 14.4. The minimum atomic E-state index is -0.390. The topological polar surface area (TPSA) is 22.0 Å². The van der Waals surface area contributed by atoms with Gasteiger partial charge in [0.15, 0.2) is 0 Å². The molecule has 0 radical (unpaired) electrons. The summed E-state index contributed by atoms with van der Waals surface area (Å²) >= 11 is 3.32. The summed E-state index contributed by atoms with van der Waals surface area (Å²) in [6, 6.07) is 3.19. The number of hydrogen-bond acceptors (Lipinski definition) is 1. The molecule has 0 amide bonds. The third kappa shape index (κ3) is 2.40. The van der Waals surface area contributed by atoms with Gasteiger partial charge in [-0.25, -0.2) is 0 Å². The molecule has 0 spiro atoms. The van der Waals surface area contributed by atoms with Crippen molar-refractivity contribution in [2.75, 3.05) is 6.67 Å². The first kappa shape index (κ1) is 10.4. The highest BCUT2D eigenvalue weighted by Gasteiger charge is 2.02. The summed E-state index contributed by atoms with van der Waals surface area (Å²) in [5, 5.41) is 0. The fourth-order valence-corrected chi connectivity index (χ4v) is 1.49.